The fourth-order valence-corrected chi connectivity index (χ4v) is 3.65. The maximum Gasteiger partial charge on any atom is 0.262 e. The molecule has 18 heavy (non-hydrogen) atoms. The summed E-state index contributed by atoms with van der Waals surface area (Å²) in [6.07, 6.45) is 2.22. The molecule has 1 atom stereocenters. The van der Waals surface area contributed by atoms with Gasteiger partial charge in [-0.25, -0.2) is 0 Å². The van der Waals surface area contributed by atoms with Crippen molar-refractivity contribution in [2.24, 2.45) is 0 Å². The highest BCUT2D eigenvalue weighted by Crippen LogP contribution is 2.19. The molecule has 5 heteroatoms. The smallest absolute Gasteiger partial charge is 0.262 e. The fourth-order valence-electron chi connectivity index (χ4n) is 1.82. The minimum atomic E-state index is -0.184. The molecule has 2 rings (SSSR count). The van der Waals surface area contributed by atoms with E-state index in [0.717, 1.165) is 18.6 Å². The first kappa shape index (κ1) is 13.5. The average molecular weight is 281 g/mol. The van der Waals surface area contributed by atoms with Crippen LogP contribution >= 0.6 is 23.1 Å². The number of amides is 1. The Bertz CT molecular complexity index is 467. The predicted molar refractivity (Wildman–Crippen MR) is 76.1 cm³/mol. The van der Waals surface area contributed by atoms with Gasteiger partial charge in [0.25, 0.3) is 5.91 Å². The van der Waals surface area contributed by atoms with E-state index in [4.69, 9.17) is 5.11 Å². The van der Waals surface area contributed by atoms with Crippen molar-refractivity contribution in [1.29, 1.82) is 0 Å². The molecule has 0 radical (unpaired) electrons. The summed E-state index contributed by atoms with van der Waals surface area (Å²) in [7, 11) is 0. The topological polar surface area (TPSA) is 49.3 Å². The van der Waals surface area contributed by atoms with E-state index in [1.54, 1.807) is 0 Å². The summed E-state index contributed by atoms with van der Waals surface area (Å²) >= 11 is 3.28. The van der Waals surface area contributed by atoms with Crippen LogP contribution in [-0.2, 0) is 0 Å². The van der Waals surface area contributed by atoms with Crippen molar-refractivity contribution in [1.82, 2.24) is 5.32 Å². The Kier molecular flexibility index (Phi) is 5.12. The number of carbonyl (C=O) groups excluding carboxylic acids is 1. The molecular formula is C13H15NO2S2. The first-order valence-electron chi connectivity index (χ1n) is 5.87. The molecule has 0 bridgehead atoms. The normalized spacial score (nSPS) is 18.8. The van der Waals surface area contributed by atoms with Crippen molar-refractivity contribution in [2.45, 2.75) is 18.9 Å². The number of carbonyl (C=O) groups is 1. The van der Waals surface area contributed by atoms with Crippen molar-refractivity contribution < 1.29 is 9.90 Å². The Morgan fingerprint density at radius 1 is 1.61 bits per heavy atom. The van der Waals surface area contributed by atoms with E-state index in [0.29, 0.717) is 10.4 Å². The van der Waals surface area contributed by atoms with Crippen LogP contribution in [0, 0.1) is 11.8 Å². The van der Waals surface area contributed by atoms with Gasteiger partial charge in [0.15, 0.2) is 0 Å². The Morgan fingerprint density at radius 2 is 2.50 bits per heavy atom. The highest BCUT2D eigenvalue weighted by atomic mass is 32.2. The summed E-state index contributed by atoms with van der Waals surface area (Å²) in [6.45, 7) is -0.184. The second-order valence-corrected chi connectivity index (χ2v) is 6.08. The number of thioether (sulfide) groups is 1. The van der Waals surface area contributed by atoms with E-state index in [9.17, 15) is 4.79 Å². The van der Waals surface area contributed by atoms with E-state index >= 15 is 0 Å². The van der Waals surface area contributed by atoms with Gasteiger partial charge in [-0.1, -0.05) is 11.8 Å². The number of aliphatic hydroxyl groups is 1. The van der Waals surface area contributed by atoms with Gasteiger partial charge in [-0.3, -0.25) is 4.79 Å². The number of nitrogens with one attached hydrogen (secondary N) is 1. The molecule has 1 aromatic heterocycles. The standard InChI is InChI=1S/C13H15NO2S2/c15-6-1-3-10-5-8-18-12(10)13(16)14-11-4-2-7-17-9-11/h5,8,11,15H,2,4,6-7,9H2,(H,14,16). The van der Waals surface area contributed by atoms with E-state index < -0.39 is 0 Å². The molecule has 1 aliphatic heterocycles. The third-order valence-electron chi connectivity index (χ3n) is 2.67. The lowest BCUT2D eigenvalue weighted by molar-refractivity contribution is 0.0942. The second kappa shape index (κ2) is 6.83. The van der Waals surface area contributed by atoms with Crippen LogP contribution in [0.1, 0.15) is 28.1 Å². The maximum absolute atomic E-state index is 12.1. The summed E-state index contributed by atoms with van der Waals surface area (Å²) < 4.78 is 0. The Morgan fingerprint density at radius 3 is 3.22 bits per heavy atom. The van der Waals surface area contributed by atoms with E-state index in [1.165, 1.54) is 17.1 Å². The highest BCUT2D eigenvalue weighted by Gasteiger charge is 2.19. The second-order valence-electron chi connectivity index (χ2n) is 4.01. The molecule has 0 saturated carbocycles. The summed E-state index contributed by atoms with van der Waals surface area (Å²) in [6, 6.07) is 2.09. The molecule has 1 unspecified atom stereocenters. The molecule has 1 amide bonds. The average Bonchev–Trinajstić information content (AvgIpc) is 2.86. The lowest BCUT2D eigenvalue weighted by Gasteiger charge is -2.22. The number of rotatable bonds is 2. The molecule has 1 aromatic rings. The molecule has 2 N–H and O–H groups in total. The van der Waals surface area contributed by atoms with Gasteiger partial charge in [-0.15, -0.1) is 11.3 Å². The largest absolute Gasteiger partial charge is 0.384 e. The fraction of sp³-hybridized carbons (Fsp3) is 0.462. The first-order chi connectivity index (χ1) is 8.81. The summed E-state index contributed by atoms with van der Waals surface area (Å²) in [4.78, 5) is 12.8. The summed E-state index contributed by atoms with van der Waals surface area (Å²) in [5, 5.41) is 13.6. The lowest BCUT2D eigenvalue weighted by atomic mass is 10.1. The van der Waals surface area contributed by atoms with Gasteiger partial charge < -0.3 is 10.4 Å². The van der Waals surface area contributed by atoms with E-state index in [1.807, 2.05) is 23.2 Å². The lowest BCUT2D eigenvalue weighted by Crippen LogP contribution is -2.38. The minimum Gasteiger partial charge on any atom is -0.384 e. The molecule has 2 heterocycles. The molecule has 1 fully saturated rings. The van der Waals surface area contributed by atoms with Crippen molar-refractivity contribution in [3.05, 3.63) is 21.9 Å². The molecule has 0 spiro atoms. The van der Waals surface area contributed by atoms with Gasteiger partial charge in [0.2, 0.25) is 0 Å². The van der Waals surface area contributed by atoms with E-state index in [-0.39, 0.29) is 18.6 Å². The zero-order valence-electron chi connectivity index (χ0n) is 9.94. The number of aliphatic hydroxyl groups excluding tert-OH is 1. The Balaban J connectivity index is 2.02. The van der Waals surface area contributed by atoms with Gasteiger partial charge in [0.1, 0.15) is 11.5 Å². The molecule has 3 nitrogen and oxygen atoms in total. The molecule has 1 saturated heterocycles. The van der Waals surface area contributed by atoms with Crippen molar-refractivity contribution in [3.63, 3.8) is 0 Å². The zero-order valence-corrected chi connectivity index (χ0v) is 11.6. The molecule has 0 aliphatic carbocycles. The molecular weight excluding hydrogens is 266 g/mol. The van der Waals surface area contributed by atoms with Gasteiger partial charge in [0, 0.05) is 17.4 Å². The zero-order chi connectivity index (χ0) is 12.8. The van der Waals surface area contributed by atoms with Crippen LogP contribution in [0.25, 0.3) is 0 Å². The van der Waals surface area contributed by atoms with Crippen LogP contribution in [0.4, 0.5) is 0 Å². The van der Waals surface area contributed by atoms with Crippen LogP contribution in [0.3, 0.4) is 0 Å². The number of thiophene rings is 1. The Labute approximate surface area is 115 Å². The minimum absolute atomic E-state index is 0.0419. The number of hydrogen-bond donors (Lipinski definition) is 2. The third kappa shape index (κ3) is 3.52. The van der Waals surface area contributed by atoms with Crippen LogP contribution in [0.15, 0.2) is 11.4 Å². The predicted octanol–water partition coefficient (Wildman–Crippen LogP) is 1.72. The molecule has 0 aromatic carbocycles. The number of hydrogen-bond acceptors (Lipinski definition) is 4. The van der Waals surface area contributed by atoms with E-state index in [2.05, 4.69) is 17.2 Å². The van der Waals surface area contributed by atoms with Crippen molar-refractivity contribution >= 4 is 29.0 Å². The molecule has 96 valence electrons. The van der Waals surface area contributed by atoms with Crippen LogP contribution in [0.2, 0.25) is 0 Å². The van der Waals surface area contributed by atoms with Crippen LogP contribution < -0.4 is 5.32 Å². The SMILES string of the molecule is O=C(NC1CCCSC1)c1sccc1C#CCO. The maximum atomic E-state index is 12.1. The van der Waals surface area contributed by atoms with Gasteiger partial charge in [0.05, 0.1) is 0 Å². The van der Waals surface area contributed by atoms with Gasteiger partial charge in [-0.05, 0) is 30.0 Å². The van der Waals surface area contributed by atoms with Gasteiger partial charge >= 0.3 is 0 Å². The Hall–Kier alpha value is -0.960. The summed E-state index contributed by atoms with van der Waals surface area (Å²) in [5.74, 6) is 7.53. The van der Waals surface area contributed by atoms with Crippen LogP contribution in [0.5, 0.6) is 0 Å². The molecule has 1 aliphatic rings. The van der Waals surface area contributed by atoms with Crippen molar-refractivity contribution in [2.75, 3.05) is 18.1 Å². The highest BCUT2D eigenvalue weighted by molar-refractivity contribution is 7.99. The monoisotopic (exact) mass is 281 g/mol. The van der Waals surface area contributed by atoms with Crippen LogP contribution in [-0.4, -0.2) is 35.2 Å². The van der Waals surface area contributed by atoms with Crippen molar-refractivity contribution in [3.8, 4) is 11.8 Å². The first-order valence-corrected chi connectivity index (χ1v) is 7.90. The van der Waals surface area contributed by atoms with Gasteiger partial charge in [-0.2, -0.15) is 11.8 Å². The quantitative estimate of drug-likeness (QED) is 0.812. The summed E-state index contributed by atoms with van der Waals surface area (Å²) in [5.41, 5.74) is 0.704. The third-order valence-corrected chi connectivity index (χ3v) is 4.80.